The van der Waals surface area contributed by atoms with E-state index in [0.29, 0.717) is 42.5 Å². The van der Waals surface area contributed by atoms with Crippen LogP contribution >= 0.6 is 0 Å². The van der Waals surface area contributed by atoms with Crippen molar-refractivity contribution in [2.45, 2.75) is 43.4 Å². The van der Waals surface area contributed by atoms with E-state index in [9.17, 15) is 18.3 Å². The molecule has 8 nitrogen and oxygen atoms in total. The quantitative estimate of drug-likeness (QED) is 0.719. The van der Waals surface area contributed by atoms with Crippen LogP contribution in [-0.4, -0.2) is 59.9 Å². The average Bonchev–Trinajstić information content (AvgIpc) is 3.47. The van der Waals surface area contributed by atoms with Crippen LogP contribution in [0.1, 0.15) is 47.4 Å². The fourth-order valence-electron chi connectivity index (χ4n) is 4.01. The van der Waals surface area contributed by atoms with Gasteiger partial charge in [-0.25, -0.2) is 23.2 Å². The number of hydrogen-bond donors (Lipinski definition) is 1. The van der Waals surface area contributed by atoms with Crippen LogP contribution in [0.3, 0.4) is 0 Å². The van der Waals surface area contributed by atoms with Crippen molar-refractivity contribution in [2.75, 3.05) is 31.1 Å². The first-order valence-corrected chi connectivity index (χ1v) is 11.8. The SMILES string of the molecule is O=C(O)c1cnc(CCc2ccc(S(=O)(=O)N3CCCC3)cc2)nc1N1CCCC1. The number of aryl methyl sites for hydroxylation is 2. The summed E-state index contributed by atoms with van der Waals surface area (Å²) in [5.41, 5.74) is 1.13. The van der Waals surface area contributed by atoms with Crippen LogP contribution in [0.2, 0.25) is 0 Å². The Hall–Kier alpha value is -2.52. The van der Waals surface area contributed by atoms with Crippen molar-refractivity contribution in [3.63, 3.8) is 0 Å². The third-order valence-corrected chi connectivity index (χ3v) is 7.63. The molecular formula is C21H26N4O4S. The first-order valence-electron chi connectivity index (χ1n) is 10.4. The number of carboxylic acid groups (broad SMARTS) is 1. The van der Waals surface area contributed by atoms with Crippen LogP contribution in [-0.2, 0) is 22.9 Å². The van der Waals surface area contributed by atoms with Gasteiger partial charge in [0, 0.05) is 38.8 Å². The summed E-state index contributed by atoms with van der Waals surface area (Å²) in [4.78, 5) is 22.6. The Labute approximate surface area is 176 Å². The molecule has 0 amide bonds. The summed E-state index contributed by atoms with van der Waals surface area (Å²) in [6, 6.07) is 6.98. The summed E-state index contributed by atoms with van der Waals surface area (Å²) in [5.74, 6) is 0.0750. The van der Waals surface area contributed by atoms with Crippen molar-refractivity contribution in [3.05, 3.63) is 47.4 Å². The van der Waals surface area contributed by atoms with Crippen LogP contribution in [0.15, 0.2) is 35.4 Å². The maximum Gasteiger partial charge on any atom is 0.341 e. The van der Waals surface area contributed by atoms with Gasteiger partial charge in [-0.3, -0.25) is 0 Å². The number of carbonyl (C=O) groups is 1. The third kappa shape index (κ3) is 4.32. The van der Waals surface area contributed by atoms with Crippen molar-refractivity contribution in [3.8, 4) is 0 Å². The highest BCUT2D eigenvalue weighted by Gasteiger charge is 2.27. The number of nitrogens with zero attached hydrogens (tertiary/aromatic N) is 4. The van der Waals surface area contributed by atoms with Gasteiger partial charge in [-0.05, 0) is 49.8 Å². The number of aromatic nitrogens is 2. The number of rotatable bonds is 7. The summed E-state index contributed by atoms with van der Waals surface area (Å²) >= 11 is 0. The molecule has 160 valence electrons. The standard InChI is InChI=1S/C21H26N4O4S/c26-21(27)18-15-22-19(23-20(18)24-11-1-2-12-24)10-7-16-5-8-17(9-6-16)30(28,29)25-13-3-4-14-25/h5-6,8-9,15H,1-4,7,10-14H2,(H,26,27). The highest BCUT2D eigenvalue weighted by Crippen LogP contribution is 2.23. The second kappa shape index (κ2) is 8.69. The second-order valence-corrected chi connectivity index (χ2v) is 9.72. The van der Waals surface area contributed by atoms with Gasteiger partial charge in [0.2, 0.25) is 10.0 Å². The van der Waals surface area contributed by atoms with Crippen LogP contribution in [0.25, 0.3) is 0 Å². The lowest BCUT2D eigenvalue weighted by molar-refractivity contribution is 0.0696. The molecule has 4 rings (SSSR count). The number of carboxylic acids is 1. The topological polar surface area (TPSA) is 104 Å². The molecule has 1 aromatic carbocycles. The summed E-state index contributed by atoms with van der Waals surface area (Å²) in [6.07, 6.45) is 6.49. The molecule has 2 aliphatic rings. The Balaban J connectivity index is 1.45. The van der Waals surface area contributed by atoms with E-state index >= 15 is 0 Å². The van der Waals surface area contributed by atoms with Gasteiger partial charge in [0.05, 0.1) is 4.90 Å². The van der Waals surface area contributed by atoms with Crippen LogP contribution in [0, 0.1) is 0 Å². The van der Waals surface area contributed by atoms with E-state index in [0.717, 1.165) is 44.3 Å². The Bertz CT molecular complexity index is 1010. The van der Waals surface area contributed by atoms with E-state index in [-0.39, 0.29) is 5.56 Å². The Morgan fingerprint density at radius 3 is 2.23 bits per heavy atom. The van der Waals surface area contributed by atoms with Gasteiger partial charge < -0.3 is 10.0 Å². The fraction of sp³-hybridized carbons (Fsp3) is 0.476. The van der Waals surface area contributed by atoms with Crippen molar-refractivity contribution < 1.29 is 18.3 Å². The number of hydrogen-bond acceptors (Lipinski definition) is 6. The van der Waals surface area contributed by atoms with Crippen molar-refractivity contribution >= 4 is 21.8 Å². The van der Waals surface area contributed by atoms with E-state index in [1.807, 2.05) is 17.0 Å². The second-order valence-electron chi connectivity index (χ2n) is 7.78. The largest absolute Gasteiger partial charge is 0.477 e. The van der Waals surface area contributed by atoms with E-state index in [2.05, 4.69) is 9.97 Å². The van der Waals surface area contributed by atoms with Gasteiger partial charge in [-0.2, -0.15) is 4.31 Å². The zero-order valence-electron chi connectivity index (χ0n) is 16.8. The zero-order chi connectivity index (χ0) is 21.1. The molecule has 0 radical (unpaired) electrons. The van der Waals surface area contributed by atoms with E-state index < -0.39 is 16.0 Å². The van der Waals surface area contributed by atoms with Crippen LogP contribution in [0.4, 0.5) is 5.82 Å². The summed E-state index contributed by atoms with van der Waals surface area (Å²) in [6.45, 7) is 2.80. The minimum Gasteiger partial charge on any atom is -0.477 e. The van der Waals surface area contributed by atoms with Crippen LogP contribution in [0.5, 0.6) is 0 Å². The van der Waals surface area contributed by atoms with E-state index in [4.69, 9.17) is 0 Å². The lowest BCUT2D eigenvalue weighted by Crippen LogP contribution is -2.27. The summed E-state index contributed by atoms with van der Waals surface area (Å²) in [5, 5.41) is 9.44. The number of aromatic carboxylic acids is 1. The predicted octanol–water partition coefficient (Wildman–Crippen LogP) is 2.34. The zero-order valence-corrected chi connectivity index (χ0v) is 17.6. The molecule has 3 heterocycles. The van der Waals surface area contributed by atoms with E-state index in [1.165, 1.54) is 6.20 Å². The van der Waals surface area contributed by atoms with Crippen LogP contribution < -0.4 is 4.90 Å². The van der Waals surface area contributed by atoms with Gasteiger partial charge in [-0.15, -0.1) is 0 Å². The molecule has 0 saturated carbocycles. The van der Waals surface area contributed by atoms with Crippen molar-refractivity contribution in [2.24, 2.45) is 0 Å². The minimum absolute atomic E-state index is 0.136. The average molecular weight is 431 g/mol. The van der Waals surface area contributed by atoms with Gasteiger partial charge in [0.1, 0.15) is 17.2 Å². The third-order valence-electron chi connectivity index (χ3n) is 5.72. The van der Waals surface area contributed by atoms with Gasteiger partial charge >= 0.3 is 5.97 Å². The number of benzene rings is 1. The summed E-state index contributed by atoms with van der Waals surface area (Å²) < 4.78 is 26.8. The lowest BCUT2D eigenvalue weighted by Gasteiger charge is -2.19. The molecule has 2 fully saturated rings. The Kier molecular flexibility index (Phi) is 6.01. The first-order chi connectivity index (χ1) is 14.4. The molecule has 0 atom stereocenters. The molecule has 0 spiro atoms. The molecule has 30 heavy (non-hydrogen) atoms. The maximum absolute atomic E-state index is 12.6. The molecule has 0 aliphatic carbocycles. The molecule has 2 aliphatic heterocycles. The van der Waals surface area contributed by atoms with E-state index in [1.54, 1.807) is 16.4 Å². The predicted molar refractivity (Wildman–Crippen MR) is 112 cm³/mol. The van der Waals surface area contributed by atoms with Gasteiger partial charge in [0.25, 0.3) is 0 Å². The van der Waals surface area contributed by atoms with Gasteiger partial charge in [0.15, 0.2) is 0 Å². The molecule has 0 bridgehead atoms. The molecule has 9 heteroatoms. The molecule has 1 aromatic heterocycles. The molecule has 2 aromatic rings. The van der Waals surface area contributed by atoms with Crippen molar-refractivity contribution in [1.29, 1.82) is 0 Å². The Morgan fingerprint density at radius 2 is 1.60 bits per heavy atom. The smallest absolute Gasteiger partial charge is 0.341 e. The lowest BCUT2D eigenvalue weighted by atomic mass is 10.1. The fourth-order valence-corrected chi connectivity index (χ4v) is 5.53. The number of anilines is 1. The monoisotopic (exact) mass is 430 g/mol. The molecule has 1 N–H and O–H groups in total. The highest BCUT2D eigenvalue weighted by molar-refractivity contribution is 7.89. The van der Waals surface area contributed by atoms with Crippen molar-refractivity contribution in [1.82, 2.24) is 14.3 Å². The number of sulfonamides is 1. The Morgan fingerprint density at radius 1 is 0.967 bits per heavy atom. The normalized spacial score (nSPS) is 17.5. The molecule has 0 unspecified atom stereocenters. The van der Waals surface area contributed by atoms with Gasteiger partial charge in [-0.1, -0.05) is 12.1 Å². The summed E-state index contributed by atoms with van der Waals surface area (Å²) in [7, 11) is -3.40. The molecule has 2 saturated heterocycles. The maximum atomic E-state index is 12.6. The molecular weight excluding hydrogens is 404 g/mol. The highest BCUT2D eigenvalue weighted by atomic mass is 32.2. The first kappa shape index (κ1) is 20.7. The minimum atomic E-state index is -3.40.